The summed E-state index contributed by atoms with van der Waals surface area (Å²) in [6.07, 6.45) is 0. The van der Waals surface area contributed by atoms with Gasteiger partial charge in [-0.05, 0) is 24.3 Å². The molecule has 0 aliphatic heterocycles. The fraction of sp³-hybridized carbons (Fsp3) is 0. The van der Waals surface area contributed by atoms with Crippen LogP contribution in [0.1, 0.15) is 0 Å². The Morgan fingerprint density at radius 3 is 1.54 bits per heavy atom. The summed E-state index contributed by atoms with van der Waals surface area (Å²) in [4.78, 5) is 0. The molecule has 6 aromatic rings. The molecule has 0 spiro atoms. The van der Waals surface area contributed by atoms with Crippen molar-refractivity contribution in [1.29, 1.82) is 0 Å². The third-order valence-electron chi connectivity index (χ3n) is 4.42. The van der Waals surface area contributed by atoms with E-state index in [9.17, 15) is 4.21 Å². The highest BCUT2D eigenvalue weighted by atomic mass is 32.2. The maximum Gasteiger partial charge on any atom is 0.105 e. The molecule has 0 N–H and O–H groups in total. The average Bonchev–Trinajstić information content (AvgIpc) is 3.38. The summed E-state index contributed by atoms with van der Waals surface area (Å²) in [6.45, 7) is 0. The summed E-state index contributed by atoms with van der Waals surface area (Å²) in [7, 11) is -1.10. The summed E-state index contributed by atoms with van der Waals surface area (Å²) in [5.41, 5.74) is 0. The zero-order valence-electron chi connectivity index (χ0n) is 13.2. The van der Waals surface area contributed by atoms with E-state index in [1.54, 1.807) is 45.3 Å². The van der Waals surface area contributed by atoms with Crippen molar-refractivity contribution in [3.05, 3.63) is 60.7 Å². The van der Waals surface area contributed by atoms with Gasteiger partial charge < -0.3 is 0 Å². The minimum Gasteiger partial charge on any atom is -0.247 e. The largest absolute Gasteiger partial charge is 0.247 e. The topological polar surface area (TPSA) is 17.1 Å². The standard InChI is InChI=1S/C20H10OS5/c21-26(17-9-15-19(24-17)11-5-1-3-7-13(11)22-15)18-10-16-20(25-18)12-6-2-4-8-14(12)23-16/h1-10H. The van der Waals surface area contributed by atoms with Crippen LogP contribution in [0.4, 0.5) is 0 Å². The van der Waals surface area contributed by atoms with Crippen LogP contribution in [0.25, 0.3) is 39.0 Å². The lowest BCUT2D eigenvalue weighted by Crippen LogP contribution is -1.84. The van der Waals surface area contributed by atoms with Crippen molar-refractivity contribution < 1.29 is 4.21 Å². The molecule has 126 valence electrons. The van der Waals surface area contributed by atoms with Crippen LogP contribution in [-0.4, -0.2) is 4.21 Å². The molecule has 2 aromatic carbocycles. The Bertz CT molecular complexity index is 1350. The van der Waals surface area contributed by atoms with E-state index in [0.29, 0.717) is 0 Å². The van der Waals surface area contributed by atoms with Gasteiger partial charge in [0.15, 0.2) is 0 Å². The molecule has 0 aliphatic carbocycles. The number of benzene rings is 2. The van der Waals surface area contributed by atoms with Crippen LogP contribution >= 0.6 is 45.3 Å². The van der Waals surface area contributed by atoms with Crippen molar-refractivity contribution in [2.45, 2.75) is 8.42 Å². The number of rotatable bonds is 2. The molecule has 0 fully saturated rings. The zero-order valence-corrected chi connectivity index (χ0v) is 17.3. The van der Waals surface area contributed by atoms with Crippen molar-refractivity contribution in [2.24, 2.45) is 0 Å². The van der Waals surface area contributed by atoms with Gasteiger partial charge >= 0.3 is 0 Å². The maximum absolute atomic E-state index is 13.2. The first-order valence-corrected chi connectivity index (χ1v) is 12.4. The van der Waals surface area contributed by atoms with E-state index in [2.05, 4.69) is 60.7 Å². The number of hydrogen-bond acceptors (Lipinski definition) is 5. The minimum atomic E-state index is -1.10. The first-order valence-electron chi connectivity index (χ1n) is 8.02. The Labute approximate surface area is 167 Å². The van der Waals surface area contributed by atoms with Crippen molar-refractivity contribution in [3.8, 4) is 0 Å². The van der Waals surface area contributed by atoms with E-state index in [-0.39, 0.29) is 0 Å². The minimum absolute atomic E-state index is 0.954. The van der Waals surface area contributed by atoms with Crippen molar-refractivity contribution in [3.63, 3.8) is 0 Å². The Morgan fingerprint density at radius 2 is 1.04 bits per heavy atom. The van der Waals surface area contributed by atoms with Gasteiger partial charge in [0.25, 0.3) is 0 Å². The second-order valence-corrected chi connectivity index (χ2v) is 12.2. The predicted molar refractivity (Wildman–Crippen MR) is 119 cm³/mol. The Morgan fingerprint density at radius 1 is 0.577 bits per heavy atom. The molecular formula is C20H10OS5. The van der Waals surface area contributed by atoms with Gasteiger partial charge in [-0.15, -0.1) is 45.3 Å². The first-order chi connectivity index (χ1) is 12.8. The van der Waals surface area contributed by atoms with Gasteiger partial charge in [0.2, 0.25) is 0 Å². The molecule has 26 heavy (non-hydrogen) atoms. The van der Waals surface area contributed by atoms with E-state index in [4.69, 9.17) is 0 Å². The number of hydrogen-bond donors (Lipinski definition) is 0. The smallest absolute Gasteiger partial charge is 0.105 e. The molecule has 0 unspecified atom stereocenters. The van der Waals surface area contributed by atoms with Crippen LogP contribution in [0, 0.1) is 0 Å². The van der Waals surface area contributed by atoms with Crippen LogP contribution < -0.4 is 0 Å². The summed E-state index contributed by atoms with van der Waals surface area (Å²) in [5.74, 6) is 0. The van der Waals surface area contributed by atoms with E-state index < -0.39 is 10.8 Å². The van der Waals surface area contributed by atoms with Crippen molar-refractivity contribution in [1.82, 2.24) is 0 Å². The number of thiophene rings is 4. The summed E-state index contributed by atoms with van der Waals surface area (Å²) < 4.78 is 22.7. The molecule has 6 heteroatoms. The molecule has 0 bridgehead atoms. The van der Waals surface area contributed by atoms with E-state index >= 15 is 0 Å². The Kier molecular flexibility index (Phi) is 3.40. The van der Waals surface area contributed by atoms with Crippen LogP contribution in [0.5, 0.6) is 0 Å². The molecular weight excluding hydrogens is 417 g/mol. The quantitative estimate of drug-likeness (QED) is 0.277. The summed E-state index contributed by atoms with van der Waals surface area (Å²) in [5, 5.41) is 2.55. The number of fused-ring (bicyclic) bond motifs is 6. The van der Waals surface area contributed by atoms with Gasteiger partial charge in [-0.2, -0.15) is 0 Å². The van der Waals surface area contributed by atoms with Gasteiger partial charge in [-0.3, -0.25) is 0 Å². The lowest BCUT2D eigenvalue weighted by molar-refractivity contribution is 0.686. The van der Waals surface area contributed by atoms with Crippen LogP contribution in [0.3, 0.4) is 0 Å². The summed E-state index contributed by atoms with van der Waals surface area (Å²) >= 11 is 6.92. The normalized spacial score (nSPS) is 12.3. The zero-order chi connectivity index (χ0) is 17.3. The lowest BCUT2D eigenvalue weighted by atomic mass is 10.2. The van der Waals surface area contributed by atoms with Crippen molar-refractivity contribution >= 4 is 95.1 Å². The Hall–Kier alpha value is -1.57. The molecule has 1 nitrogen and oxygen atoms in total. The van der Waals surface area contributed by atoms with Crippen molar-refractivity contribution in [2.75, 3.05) is 0 Å². The SMILES string of the molecule is O=S(c1cc2sc3ccccc3c2s1)c1cc2sc3ccccc3c2s1. The van der Waals surface area contributed by atoms with Crippen LogP contribution in [-0.2, 0) is 10.8 Å². The molecule has 0 saturated heterocycles. The van der Waals surface area contributed by atoms with Gasteiger partial charge in [0.05, 0.1) is 17.8 Å². The highest BCUT2D eigenvalue weighted by Crippen LogP contribution is 2.44. The van der Waals surface area contributed by atoms with Crippen LogP contribution in [0.15, 0.2) is 69.1 Å². The Balaban J connectivity index is 1.49. The van der Waals surface area contributed by atoms with Gasteiger partial charge in [0, 0.05) is 29.6 Å². The highest BCUT2D eigenvalue weighted by Gasteiger charge is 2.18. The van der Waals surface area contributed by atoms with Crippen LogP contribution in [0.2, 0.25) is 0 Å². The highest BCUT2D eigenvalue weighted by molar-refractivity contribution is 7.90. The molecule has 4 aromatic heterocycles. The van der Waals surface area contributed by atoms with Gasteiger partial charge in [-0.1, -0.05) is 36.4 Å². The molecule has 0 aliphatic rings. The molecule has 0 radical (unpaired) electrons. The van der Waals surface area contributed by atoms with E-state index in [1.807, 2.05) is 0 Å². The monoisotopic (exact) mass is 426 g/mol. The third kappa shape index (κ3) is 2.20. The van der Waals surface area contributed by atoms with Gasteiger partial charge in [0.1, 0.15) is 10.8 Å². The van der Waals surface area contributed by atoms with Gasteiger partial charge in [-0.25, -0.2) is 4.21 Å². The average molecular weight is 427 g/mol. The second kappa shape index (κ2) is 5.71. The maximum atomic E-state index is 13.2. The fourth-order valence-corrected chi connectivity index (χ4v) is 10.4. The molecule has 0 saturated carbocycles. The second-order valence-electron chi connectivity index (χ2n) is 5.98. The summed E-state index contributed by atoms with van der Waals surface area (Å²) in [6, 6.07) is 21.2. The predicted octanol–water partition coefficient (Wildman–Crippen LogP) is 7.71. The fourth-order valence-electron chi connectivity index (χ4n) is 3.24. The molecule has 0 amide bonds. The van der Waals surface area contributed by atoms with E-state index in [1.165, 1.54) is 39.0 Å². The third-order valence-corrected chi connectivity index (χ3v) is 11.2. The van der Waals surface area contributed by atoms with E-state index in [0.717, 1.165) is 8.42 Å². The molecule has 0 atom stereocenters. The molecule has 4 heterocycles. The molecule has 6 rings (SSSR count). The lowest BCUT2D eigenvalue weighted by Gasteiger charge is -1.94. The first kappa shape index (κ1) is 15.5.